The van der Waals surface area contributed by atoms with Gasteiger partial charge in [-0.05, 0) is 43.5 Å². The predicted octanol–water partition coefficient (Wildman–Crippen LogP) is 1.55. The molecule has 2 atom stereocenters. The molecule has 2 fully saturated rings. The zero-order valence-corrected chi connectivity index (χ0v) is 15.8. The molecule has 24 heavy (non-hydrogen) atoms. The summed E-state index contributed by atoms with van der Waals surface area (Å²) in [7, 11) is -3.68. The molecule has 2 aliphatic heterocycles. The Morgan fingerprint density at radius 3 is 2.46 bits per heavy atom. The fourth-order valence-electron chi connectivity index (χ4n) is 3.38. The Bertz CT molecular complexity index is 708. The lowest BCUT2D eigenvalue weighted by atomic mass is 10.0. The van der Waals surface area contributed by atoms with Crippen LogP contribution in [0.2, 0.25) is 0 Å². The third kappa shape index (κ3) is 3.51. The highest BCUT2D eigenvalue weighted by Crippen LogP contribution is 2.28. The van der Waals surface area contributed by atoms with E-state index >= 15 is 0 Å². The Kier molecular flexibility index (Phi) is 5.29. The molecule has 132 valence electrons. The zero-order valence-electron chi connectivity index (χ0n) is 13.4. The molecule has 6 nitrogen and oxygen atoms in total. The average Bonchev–Trinajstić information content (AvgIpc) is 3.01. The average molecular weight is 416 g/mol. The van der Waals surface area contributed by atoms with Crippen LogP contribution in [0.1, 0.15) is 25.7 Å². The molecule has 2 saturated heterocycles. The van der Waals surface area contributed by atoms with Crippen LogP contribution in [0.4, 0.5) is 0 Å². The summed E-state index contributed by atoms with van der Waals surface area (Å²) in [5.74, 6) is -0.108. The number of amides is 1. The molecule has 0 spiro atoms. The van der Waals surface area contributed by atoms with E-state index in [2.05, 4.69) is 15.9 Å². The minimum absolute atomic E-state index is 0.00549. The fraction of sp³-hybridized carbons (Fsp3) is 0.562. The Hall–Kier alpha value is -0.960. The number of piperidine rings is 1. The third-order valence-corrected chi connectivity index (χ3v) is 7.15. The van der Waals surface area contributed by atoms with Gasteiger partial charge < -0.3 is 10.6 Å². The van der Waals surface area contributed by atoms with Gasteiger partial charge in [0.25, 0.3) is 0 Å². The maximum Gasteiger partial charge on any atom is 0.243 e. The number of likely N-dealkylation sites (tertiary alicyclic amines) is 1. The molecule has 8 heteroatoms. The molecule has 0 saturated carbocycles. The topological polar surface area (TPSA) is 83.7 Å². The van der Waals surface area contributed by atoms with Gasteiger partial charge in [0.15, 0.2) is 0 Å². The van der Waals surface area contributed by atoms with Crippen LogP contribution in [0.25, 0.3) is 0 Å². The van der Waals surface area contributed by atoms with Gasteiger partial charge in [0.05, 0.1) is 4.90 Å². The maximum atomic E-state index is 13.0. The molecule has 0 aliphatic carbocycles. The highest BCUT2D eigenvalue weighted by Gasteiger charge is 2.40. The monoisotopic (exact) mass is 415 g/mol. The number of nitrogens with two attached hydrogens (primary N) is 1. The molecule has 2 N–H and O–H groups in total. The second-order valence-electron chi connectivity index (χ2n) is 6.41. The van der Waals surface area contributed by atoms with Gasteiger partial charge in [0.1, 0.15) is 6.04 Å². The SMILES string of the molecule is N[C@@H]1CCN(C(=O)[C@@H]2CCCCN2S(=O)(=O)c2ccc(Br)cc2)C1. The first-order valence-corrected chi connectivity index (χ1v) is 10.4. The lowest BCUT2D eigenvalue weighted by Crippen LogP contribution is -2.52. The number of halogens is 1. The van der Waals surface area contributed by atoms with Gasteiger partial charge in [0.2, 0.25) is 15.9 Å². The first kappa shape index (κ1) is 17.8. The van der Waals surface area contributed by atoms with E-state index in [1.165, 1.54) is 4.31 Å². The minimum Gasteiger partial charge on any atom is -0.340 e. The van der Waals surface area contributed by atoms with Crippen LogP contribution in [-0.4, -0.2) is 55.2 Å². The number of hydrogen-bond donors (Lipinski definition) is 1. The van der Waals surface area contributed by atoms with Gasteiger partial charge in [0, 0.05) is 30.1 Å². The molecule has 1 aromatic rings. The summed E-state index contributed by atoms with van der Waals surface area (Å²) < 4.78 is 28.2. The first-order valence-electron chi connectivity index (χ1n) is 8.21. The summed E-state index contributed by atoms with van der Waals surface area (Å²) in [6, 6.07) is 5.93. The molecule has 1 amide bonds. The van der Waals surface area contributed by atoms with E-state index < -0.39 is 16.1 Å². The molecule has 0 unspecified atom stereocenters. The Morgan fingerprint density at radius 2 is 1.83 bits per heavy atom. The fourth-order valence-corrected chi connectivity index (χ4v) is 5.29. The van der Waals surface area contributed by atoms with Crippen molar-refractivity contribution in [3.05, 3.63) is 28.7 Å². The van der Waals surface area contributed by atoms with Gasteiger partial charge >= 0.3 is 0 Å². The van der Waals surface area contributed by atoms with Crippen molar-refractivity contribution in [1.82, 2.24) is 9.21 Å². The van der Waals surface area contributed by atoms with Crippen molar-refractivity contribution in [3.8, 4) is 0 Å². The summed E-state index contributed by atoms with van der Waals surface area (Å²) in [5.41, 5.74) is 5.89. The van der Waals surface area contributed by atoms with E-state index in [9.17, 15) is 13.2 Å². The van der Waals surface area contributed by atoms with Gasteiger partial charge in [-0.25, -0.2) is 8.42 Å². The van der Waals surface area contributed by atoms with E-state index in [0.29, 0.717) is 26.1 Å². The van der Waals surface area contributed by atoms with Crippen molar-refractivity contribution in [3.63, 3.8) is 0 Å². The van der Waals surface area contributed by atoms with E-state index in [0.717, 1.165) is 23.7 Å². The second kappa shape index (κ2) is 7.11. The van der Waals surface area contributed by atoms with Crippen LogP contribution in [-0.2, 0) is 14.8 Å². The molecule has 2 aliphatic rings. The van der Waals surface area contributed by atoms with E-state index in [-0.39, 0.29) is 16.8 Å². The van der Waals surface area contributed by atoms with Gasteiger partial charge in [-0.3, -0.25) is 4.79 Å². The Balaban J connectivity index is 1.86. The summed E-state index contributed by atoms with van der Waals surface area (Å²) >= 11 is 3.31. The van der Waals surface area contributed by atoms with Crippen molar-refractivity contribution in [2.24, 2.45) is 5.73 Å². The van der Waals surface area contributed by atoms with Crippen molar-refractivity contribution < 1.29 is 13.2 Å². The number of benzene rings is 1. The smallest absolute Gasteiger partial charge is 0.243 e. The summed E-state index contributed by atoms with van der Waals surface area (Å²) in [6.45, 7) is 1.51. The Labute approximate surface area is 151 Å². The van der Waals surface area contributed by atoms with E-state index in [4.69, 9.17) is 5.73 Å². The molecule has 0 bridgehead atoms. The molecule has 1 aromatic carbocycles. The summed E-state index contributed by atoms with van der Waals surface area (Å²) in [5, 5.41) is 0. The third-order valence-electron chi connectivity index (χ3n) is 4.70. The van der Waals surface area contributed by atoms with Crippen molar-refractivity contribution in [1.29, 1.82) is 0 Å². The number of sulfonamides is 1. The normalized spacial score (nSPS) is 25.8. The number of nitrogens with zero attached hydrogens (tertiary/aromatic N) is 2. The van der Waals surface area contributed by atoms with Gasteiger partial charge in [-0.1, -0.05) is 22.4 Å². The summed E-state index contributed by atoms with van der Waals surface area (Å²) in [6.07, 6.45) is 2.99. The highest BCUT2D eigenvalue weighted by atomic mass is 79.9. The van der Waals surface area contributed by atoms with Crippen molar-refractivity contribution >= 4 is 31.9 Å². The minimum atomic E-state index is -3.68. The van der Waals surface area contributed by atoms with Crippen molar-refractivity contribution in [2.45, 2.75) is 42.7 Å². The molecular weight excluding hydrogens is 394 g/mol. The number of rotatable bonds is 3. The lowest BCUT2D eigenvalue weighted by molar-refractivity contribution is -0.135. The molecule has 0 aromatic heterocycles. The second-order valence-corrected chi connectivity index (χ2v) is 9.22. The lowest BCUT2D eigenvalue weighted by Gasteiger charge is -2.35. The van der Waals surface area contributed by atoms with Crippen molar-refractivity contribution in [2.75, 3.05) is 19.6 Å². The predicted molar refractivity (Wildman–Crippen MR) is 94.8 cm³/mol. The van der Waals surface area contributed by atoms with E-state index in [1.807, 2.05) is 0 Å². The maximum absolute atomic E-state index is 13.0. The largest absolute Gasteiger partial charge is 0.340 e. The molecular formula is C16H22BrN3O3S. The standard InChI is InChI=1S/C16H22BrN3O3S/c17-12-4-6-14(7-5-12)24(22,23)20-9-2-1-3-15(20)16(21)19-10-8-13(18)11-19/h4-7,13,15H,1-3,8-11,18H2/t13-,15+/m1/s1. The van der Waals surface area contributed by atoms with E-state index in [1.54, 1.807) is 29.2 Å². The van der Waals surface area contributed by atoms with Crippen LogP contribution in [0.5, 0.6) is 0 Å². The molecule has 3 rings (SSSR count). The molecule has 2 heterocycles. The van der Waals surface area contributed by atoms with Crippen LogP contribution >= 0.6 is 15.9 Å². The first-order chi connectivity index (χ1) is 11.4. The van der Waals surface area contributed by atoms with Gasteiger partial charge in [-0.2, -0.15) is 4.31 Å². The Morgan fingerprint density at radius 1 is 1.12 bits per heavy atom. The summed E-state index contributed by atoms with van der Waals surface area (Å²) in [4.78, 5) is 14.8. The van der Waals surface area contributed by atoms with Crippen LogP contribution in [0.3, 0.4) is 0 Å². The number of carbonyl (C=O) groups is 1. The zero-order chi connectivity index (χ0) is 17.3. The van der Waals surface area contributed by atoms with Gasteiger partial charge in [-0.15, -0.1) is 0 Å². The number of carbonyl (C=O) groups excluding carboxylic acids is 1. The number of hydrogen-bond acceptors (Lipinski definition) is 4. The van der Waals surface area contributed by atoms with Crippen LogP contribution in [0.15, 0.2) is 33.6 Å². The quantitative estimate of drug-likeness (QED) is 0.811. The van der Waals surface area contributed by atoms with Crippen LogP contribution < -0.4 is 5.73 Å². The molecule has 0 radical (unpaired) electrons. The highest BCUT2D eigenvalue weighted by molar-refractivity contribution is 9.10. The van der Waals surface area contributed by atoms with Crippen LogP contribution in [0, 0.1) is 0 Å².